The van der Waals surface area contributed by atoms with Crippen molar-refractivity contribution in [3.8, 4) is 0 Å². The van der Waals surface area contributed by atoms with E-state index >= 15 is 0 Å². The second-order valence-electron chi connectivity index (χ2n) is 6.61. The highest BCUT2D eigenvalue weighted by Crippen LogP contribution is 2.25. The highest BCUT2D eigenvalue weighted by Gasteiger charge is 2.19. The standard InChI is InChI=1S/C18H24N2OS2/c1-13-7-9-20(10-8-13)18(22)23-12-17(21)19-16-6-5-14-3-2-4-15(14)11-16/h5-6,11,13H,2-4,7-10,12H2,1H3,(H,19,21). The van der Waals surface area contributed by atoms with Gasteiger partial charge in [-0.2, -0.15) is 0 Å². The van der Waals surface area contributed by atoms with E-state index in [0.717, 1.165) is 35.4 Å². The molecule has 2 aliphatic rings. The number of fused-ring (bicyclic) bond motifs is 1. The quantitative estimate of drug-likeness (QED) is 0.841. The van der Waals surface area contributed by atoms with Crippen molar-refractivity contribution in [3.05, 3.63) is 29.3 Å². The number of thioether (sulfide) groups is 1. The molecule has 1 N–H and O–H groups in total. The first-order valence-corrected chi connectivity index (χ1v) is 9.84. The molecule has 124 valence electrons. The Labute approximate surface area is 148 Å². The fourth-order valence-electron chi connectivity index (χ4n) is 3.26. The van der Waals surface area contributed by atoms with Gasteiger partial charge in [-0.15, -0.1) is 0 Å². The van der Waals surface area contributed by atoms with Crippen LogP contribution in [0.15, 0.2) is 18.2 Å². The monoisotopic (exact) mass is 348 g/mol. The summed E-state index contributed by atoms with van der Waals surface area (Å²) in [6, 6.07) is 6.27. The average Bonchev–Trinajstić information content (AvgIpc) is 3.01. The minimum absolute atomic E-state index is 0.0284. The fourth-order valence-corrected chi connectivity index (χ4v) is 4.31. The van der Waals surface area contributed by atoms with E-state index in [1.807, 2.05) is 6.07 Å². The van der Waals surface area contributed by atoms with E-state index < -0.39 is 0 Å². The molecule has 1 aliphatic carbocycles. The Morgan fingerprint density at radius 1 is 1.30 bits per heavy atom. The molecular formula is C18H24N2OS2. The zero-order chi connectivity index (χ0) is 16.2. The first-order chi connectivity index (χ1) is 11.1. The van der Waals surface area contributed by atoms with E-state index in [1.54, 1.807) is 0 Å². The first-order valence-electron chi connectivity index (χ1n) is 8.45. The zero-order valence-corrected chi connectivity index (χ0v) is 15.3. The summed E-state index contributed by atoms with van der Waals surface area (Å²) in [4.78, 5) is 14.4. The number of rotatable bonds is 3. The molecule has 0 radical (unpaired) electrons. The van der Waals surface area contributed by atoms with Crippen LogP contribution >= 0.6 is 24.0 Å². The molecule has 1 amide bonds. The Bertz CT molecular complexity index is 595. The summed E-state index contributed by atoms with van der Waals surface area (Å²) in [6.07, 6.45) is 5.92. The number of nitrogens with zero attached hydrogens (tertiary/aromatic N) is 1. The number of hydrogen-bond donors (Lipinski definition) is 1. The maximum atomic E-state index is 12.1. The molecule has 1 fully saturated rings. The van der Waals surface area contributed by atoms with Crippen LogP contribution in [-0.4, -0.2) is 34.0 Å². The third-order valence-corrected chi connectivity index (χ3v) is 6.27. The van der Waals surface area contributed by atoms with Crippen molar-refractivity contribution in [2.75, 3.05) is 24.2 Å². The van der Waals surface area contributed by atoms with Crippen molar-refractivity contribution in [2.24, 2.45) is 5.92 Å². The van der Waals surface area contributed by atoms with Gasteiger partial charge in [0, 0.05) is 18.8 Å². The van der Waals surface area contributed by atoms with E-state index in [1.165, 1.54) is 48.6 Å². The number of aryl methyl sites for hydroxylation is 2. The van der Waals surface area contributed by atoms with Crippen LogP contribution in [0.5, 0.6) is 0 Å². The van der Waals surface area contributed by atoms with E-state index in [9.17, 15) is 4.79 Å². The maximum absolute atomic E-state index is 12.1. The van der Waals surface area contributed by atoms with E-state index in [2.05, 4.69) is 29.3 Å². The van der Waals surface area contributed by atoms with Crippen molar-refractivity contribution < 1.29 is 4.79 Å². The summed E-state index contributed by atoms with van der Waals surface area (Å²) >= 11 is 6.95. The summed E-state index contributed by atoms with van der Waals surface area (Å²) in [6.45, 7) is 4.34. The lowest BCUT2D eigenvalue weighted by atomic mass is 10.00. The van der Waals surface area contributed by atoms with Gasteiger partial charge in [-0.1, -0.05) is 37.0 Å². The SMILES string of the molecule is CC1CCN(C(=S)SCC(=O)Nc2ccc3c(c2)CCC3)CC1. The van der Waals surface area contributed by atoms with Crippen molar-refractivity contribution in [3.63, 3.8) is 0 Å². The Kier molecular flexibility index (Phi) is 5.59. The molecule has 0 unspecified atom stereocenters. The third-order valence-electron chi connectivity index (χ3n) is 4.75. The minimum Gasteiger partial charge on any atom is -0.357 e. The van der Waals surface area contributed by atoms with Crippen LogP contribution in [-0.2, 0) is 17.6 Å². The summed E-state index contributed by atoms with van der Waals surface area (Å²) in [5.41, 5.74) is 3.72. The first kappa shape index (κ1) is 16.8. The van der Waals surface area contributed by atoms with Crippen molar-refractivity contribution in [1.29, 1.82) is 0 Å². The molecule has 1 saturated heterocycles. The van der Waals surface area contributed by atoms with Gasteiger partial charge in [0.1, 0.15) is 4.32 Å². The van der Waals surface area contributed by atoms with Crippen LogP contribution in [0.1, 0.15) is 37.3 Å². The fraction of sp³-hybridized carbons (Fsp3) is 0.556. The van der Waals surface area contributed by atoms with Gasteiger partial charge in [-0.3, -0.25) is 4.79 Å². The molecule has 1 aromatic rings. The summed E-state index contributed by atoms with van der Waals surface area (Å²) in [7, 11) is 0. The van der Waals surface area contributed by atoms with Gasteiger partial charge in [-0.05, 0) is 61.3 Å². The van der Waals surface area contributed by atoms with Crippen molar-refractivity contribution in [1.82, 2.24) is 4.90 Å². The van der Waals surface area contributed by atoms with E-state index in [0.29, 0.717) is 5.75 Å². The van der Waals surface area contributed by atoms with Crippen LogP contribution < -0.4 is 5.32 Å². The zero-order valence-electron chi connectivity index (χ0n) is 13.6. The normalized spacial score (nSPS) is 17.9. The molecule has 5 heteroatoms. The Morgan fingerprint density at radius 3 is 2.83 bits per heavy atom. The molecule has 1 aliphatic heterocycles. The number of carbonyl (C=O) groups is 1. The molecule has 3 rings (SSSR count). The van der Waals surface area contributed by atoms with Gasteiger partial charge < -0.3 is 10.2 Å². The van der Waals surface area contributed by atoms with Gasteiger partial charge in [-0.25, -0.2) is 0 Å². The highest BCUT2D eigenvalue weighted by molar-refractivity contribution is 8.23. The average molecular weight is 349 g/mol. The van der Waals surface area contributed by atoms with Crippen molar-refractivity contribution in [2.45, 2.75) is 39.0 Å². The third kappa shape index (κ3) is 4.48. The smallest absolute Gasteiger partial charge is 0.234 e. The summed E-state index contributed by atoms with van der Waals surface area (Å²) in [5, 5.41) is 3.00. The van der Waals surface area contributed by atoms with Gasteiger partial charge in [0.25, 0.3) is 0 Å². The highest BCUT2D eigenvalue weighted by atomic mass is 32.2. The van der Waals surface area contributed by atoms with Gasteiger partial charge >= 0.3 is 0 Å². The van der Waals surface area contributed by atoms with Crippen LogP contribution in [0.2, 0.25) is 0 Å². The number of thiocarbonyl (C=S) groups is 1. The van der Waals surface area contributed by atoms with Crippen molar-refractivity contribution >= 4 is 39.9 Å². The van der Waals surface area contributed by atoms with Crippen LogP contribution in [0.25, 0.3) is 0 Å². The molecule has 0 aromatic heterocycles. The van der Waals surface area contributed by atoms with E-state index in [4.69, 9.17) is 12.2 Å². The number of anilines is 1. The molecule has 0 spiro atoms. The molecule has 1 heterocycles. The number of carbonyl (C=O) groups excluding carboxylic acids is 1. The number of piperidine rings is 1. The Balaban J connectivity index is 1.45. The summed E-state index contributed by atoms with van der Waals surface area (Å²) in [5.74, 6) is 1.21. The molecular weight excluding hydrogens is 324 g/mol. The summed E-state index contributed by atoms with van der Waals surface area (Å²) < 4.78 is 0.862. The van der Waals surface area contributed by atoms with Crippen LogP contribution in [0, 0.1) is 5.92 Å². The molecule has 23 heavy (non-hydrogen) atoms. The lowest BCUT2D eigenvalue weighted by Crippen LogP contribution is -2.36. The maximum Gasteiger partial charge on any atom is 0.234 e. The lowest BCUT2D eigenvalue weighted by Gasteiger charge is -2.31. The number of hydrogen-bond acceptors (Lipinski definition) is 3. The van der Waals surface area contributed by atoms with E-state index in [-0.39, 0.29) is 5.91 Å². The number of benzene rings is 1. The number of nitrogens with one attached hydrogen (secondary N) is 1. The van der Waals surface area contributed by atoms with Gasteiger partial charge in [0.05, 0.1) is 5.75 Å². The van der Waals surface area contributed by atoms with Gasteiger partial charge in [0.2, 0.25) is 5.91 Å². The van der Waals surface area contributed by atoms with Crippen LogP contribution in [0.4, 0.5) is 5.69 Å². The molecule has 1 aromatic carbocycles. The van der Waals surface area contributed by atoms with Gasteiger partial charge in [0.15, 0.2) is 0 Å². The molecule has 3 nitrogen and oxygen atoms in total. The molecule has 0 bridgehead atoms. The minimum atomic E-state index is 0.0284. The lowest BCUT2D eigenvalue weighted by molar-refractivity contribution is -0.113. The molecule has 0 saturated carbocycles. The second-order valence-corrected chi connectivity index (χ2v) is 8.22. The topological polar surface area (TPSA) is 32.3 Å². The predicted molar refractivity (Wildman–Crippen MR) is 102 cm³/mol. The number of amides is 1. The van der Waals surface area contributed by atoms with Crippen LogP contribution in [0.3, 0.4) is 0 Å². The largest absolute Gasteiger partial charge is 0.357 e. The predicted octanol–water partition coefficient (Wildman–Crippen LogP) is 3.86. The Hall–Kier alpha value is -1.07. The molecule has 0 atom stereocenters. The second kappa shape index (κ2) is 7.67. The number of likely N-dealkylation sites (tertiary alicyclic amines) is 1. The Morgan fingerprint density at radius 2 is 2.04 bits per heavy atom.